The third kappa shape index (κ3) is 7.18. The van der Waals surface area contributed by atoms with Crippen LogP contribution in [0.5, 0.6) is 0 Å². The normalized spacial score (nSPS) is 11.5. The zero-order valence-electron chi connectivity index (χ0n) is 15.2. The molecule has 1 aromatic heterocycles. The van der Waals surface area contributed by atoms with Crippen LogP contribution in [0.15, 0.2) is 36.7 Å². The van der Waals surface area contributed by atoms with Crippen molar-refractivity contribution in [2.75, 3.05) is 30.4 Å². The lowest BCUT2D eigenvalue weighted by Gasteiger charge is -2.18. The van der Waals surface area contributed by atoms with Crippen LogP contribution in [0, 0.1) is 0 Å². The minimum Gasteiger partial charge on any atom is -0.353 e. The second kappa shape index (κ2) is 11.7. The van der Waals surface area contributed by atoms with Crippen LogP contribution in [0.25, 0.3) is 0 Å². The molecular formula is C18H21Cl2N5O2S. The summed E-state index contributed by atoms with van der Waals surface area (Å²) in [5.74, 6) is 0.534. The number of carbonyl (C=O) groups excluding carboxylic acids is 2. The second-order valence-corrected chi connectivity index (χ2v) is 7.55. The van der Waals surface area contributed by atoms with E-state index in [1.807, 2.05) is 6.26 Å². The third-order valence-electron chi connectivity index (χ3n) is 3.68. The predicted octanol–water partition coefficient (Wildman–Crippen LogP) is 2.86. The maximum absolute atomic E-state index is 12.5. The molecule has 0 aliphatic carbocycles. The quantitative estimate of drug-likeness (QED) is 0.490. The first kappa shape index (κ1) is 22.3. The minimum atomic E-state index is -0.667. The number of aromatic nitrogens is 2. The summed E-state index contributed by atoms with van der Waals surface area (Å²) in [5, 5.41) is 9.24. The van der Waals surface area contributed by atoms with Crippen molar-refractivity contribution in [3.05, 3.63) is 52.3 Å². The maximum Gasteiger partial charge on any atom is 0.253 e. The van der Waals surface area contributed by atoms with Crippen LogP contribution < -0.4 is 16.0 Å². The van der Waals surface area contributed by atoms with Crippen LogP contribution in [0.2, 0.25) is 10.0 Å². The number of halogens is 2. The number of rotatable bonds is 10. The number of amides is 2. The van der Waals surface area contributed by atoms with Crippen molar-refractivity contribution < 1.29 is 9.59 Å². The Morgan fingerprint density at radius 2 is 1.93 bits per heavy atom. The predicted molar refractivity (Wildman–Crippen MR) is 114 cm³/mol. The number of nitrogens with zero attached hydrogens (tertiary/aromatic N) is 2. The highest BCUT2D eigenvalue weighted by Crippen LogP contribution is 2.21. The molecule has 0 aliphatic heterocycles. The molecule has 0 spiro atoms. The van der Waals surface area contributed by atoms with Gasteiger partial charge in [-0.15, -0.1) is 0 Å². The van der Waals surface area contributed by atoms with Gasteiger partial charge in [-0.3, -0.25) is 9.59 Å². The van der Waals surface area contributed by atoms with E-state index >= 15 is 0 Å². The molecule has 7 nitrogen and oxygen atoms in total. The van der Waals surface area contributed by atoms with Gasteiger partial charge < -0.3 is 16.0 Å². The van der Waals surface area contributed by atoms with Crippen molar-refractivity contribution in [2.24, 2.45) is 0 Å². The lowest BCUT2D eigenvalue weighted by atomic mass is 10.1. The summed E-state index contributed by atoms with van der Waals surface area (Å²) in [6.07, 6.45) is 5.70. The van der Waals surface area contributed by atoms with E-state index in [1.54, 1.807) is 36.3 Å². The Bertz CT molecular complexity index is 795. The fourth-order valence-corrected chi connectivity index (χ4v) is 3.25. The molecule has 2 amide bonds. The molecule has 3 N–H and O–H groups in total. The first-order valence-corrected chi connectivity index (χ1v) is 10.7. The molecule has 0 aliphatic rings. The van der Waals surface area contributed by atoms with Gasteiger partial charge in [0.05, 0.1) is 10.6 Å². The molecule has 10 heteroatoms. The number of hydrogen-bond donors (Lipinski definition) is 3. The Hall–Kier alpha value is -2.03. The zero-order chi connectivity index (χ0) is 20.4. The number of thioether (sulfide) groups is 1. The summed E-state index contributed by atoms with van der Waals surface area (Å²) in [6.45, 7) is 0.826. The Morgan fingerprint density at radius 1 is 1.18 bits per heavy atom. The molecule has 0 bridgehead atoms. The van der Waals surface area contributed by atoms with Crippen molar-refractivity contribution >= 4 is 52.7 Å². The van der Waals surface area contributed by atoms with Gasteiger partial charge in [0.25, 0.3) is 5.91 Å². The topological polar surface area (TPSA) is 96.0 Å². The minimum absolute atomic E-state index is 0.237. The average molecular weight is 442 g/mol. The first-order chi connectivity index (χ1) is 13.5. The highest BCUT2D eigenvalue weighted by molar-refractivity contribution is 7.98. The Labute approximate surface area is 178 Å². The van der Waals surface area contributed by atoms with Gasteiger partial charge in [-0.25, -0.2) is 9.97 Å². The highest BCUT2D eigenvalue weighted by Gasteiger charge is 2.22. The molecule has 0 fully saturated rings. The summed E-state index contributed by atoms with van der Waals surface area (Å²) in [7, 11) is 0. The Kier molecular flexibility index (Phi) is 9.33. The van der Waals surface area contributed by atoms with Crippen molar-refractivity contribution in [2.45, 2.75) is 12.5 Å². The van der Waals surface area contributed by atoms with E-state index < -0.39 is 11.9 Å². The van der Waals surface area contributed by atoms with Crippen LogP contribution in [0.3, 0.4) is 0 Å². The SMILES string of the molecule is CSCCC(NC(=O)c1ccc(Cl)cc1Cl)C(=O)NCCNc1ncccn1. The van der Waals surface area contributed by atoms with E-state index in [1.165, 1.54) is 12.1 Å². The molecule has 0 radical (unpaired) electrons. The van der Waals surface area contributed by atoms with Crippen LogP contribution in [0.4, 0.5) is 5.95 Å². The fraction of sp³-hybridized carbons (Fsp3) is 0.333. The van der Waals surface area contributed by atoms with Crippen molar-refractivity contribution in [3.8, 4) is 0 Å². The molecule has 0 saturated heterocycles. The Balaban J connectivity index is 1.89. The van der Waals surface area contributed by atoms with Crippen LogP contribution in [-0.4, -0.2) is 52.9 Å². The molecule has 0 saturated carbocycles. The molecule has 1 unspecified atom stereocenters. The van der Waals surface area contributed by atoms with Crippen LogP contribution in [-0.2, 0) is 4.79 Å². The van der Waals surface area contributed by atoms with Gasteiger partial charge in [-0.2, -0.15) is 11.8 Å². The lowest BCUT2D eigenvalue weighted by molar-refractivity contribution is -0.122. The van der Waals surface area contributed by atoms with E-state index in [0.717, 1.165) is 5.75 Å². The van der Waals surface area contributed by atoms with E-state index in [4.69, 9.17) is 23.2 Å². The standard InChI is InChI=1S/C18H21Cl2N5O2S/c1-28-10-5-15(25-16(26)13-4-3-12(19)11-14(13)20)17(27)21-8-9-24-18-22-6-2-7-23-18/h2-4,6-7,11,15H,5,8-10H2,1H3,(H,21,27)(H,25,26)(H,22,23,24). The van der Waals surface area contributed by atoms with Gasteiger partial charge in [-0.05, 0) is 42.7 Å². The number of nitrogens with one attached hydrogen (secondary N) is 3. The molecular weight excluding hydrogens is 421 g/mol. The van der Waals surface area contributed by atoms with Crippen LogP contribution in [0.1, 0.15) is 16.8 Å². The summed E-state index contributed by atoms with van der Waals surface area (Å²) in [5.41, 5.74) is 0.274. The van der Waals surface area contributed by atoms with E-state index in [-0.39, 0.29) is 16.5 Å². The molecule has 1 aromatic carbocycles. The van der Waals surface area contributed by atoms with Crippen molar-refractivity contribution in [1.82, 2.24) is 20.6 Å². The van der Waals surface area contributed by atoms with Gasteiger partial charge in [0.2, 0.25) is 11.9 Å². The smallest absolute Gasteiger partial charge is 0.253 e. The summed E-state index contributed by atoms with van der Waals surface area (Å²) in [4.78, 5) is 33.1. The molecule has 2 rings (SSSR count). The molecule has 1 atom stereocenters. The summed E-state index contributed by atoms with van der Waals surface area (Å²) < 4.78 is 0. The fourth-order valence-electron chi connectivity index (χ4n) is 2.29. The molecule has 150 valence electrons. The van der Waals surface area contributed by atoms with Gasteiger partial charge in [0.1, 0.15) is 6.04 Å². The van der Waals surface area contributed by atoms with Gasteiger partial charge >= 0.3 is 0 Å². The first-order valence-electron chi connectivity index (χ1n) is 8.54. The Morgan fingerprint density at radius 3 is 2.61 bits per heavy atom. The second-order valence-electron chi connectivity index (χ2n) is 5.72. The third-order valence-corrected chi connectivity index (χ3v) is 4.87. The number of carbonyl (C=O) groups is 2. The highest BCUT2D eigenvalue weighted by atomic mass is 35.5. The van der Waals surface area contributed by atoms with Gasteiger partial charge in [0.15, 0.2) is 0 Å². The van der Waals surface area contributed by atoms with Crippen molar-refractivity contribution in [1.29, 1.82) is 0 Å². The average Bonchev–Trinajstić information content (AvgIpc) is 2.69. The number of benzene rings is 1. The number of hydrogen-bond acceptors (Lipinski definition) is 6. The number of anilines is 1. The molecule has 1 heterocycles. The van der Waals surface area contributed by atoms with E-state index in [0.29, 0.717) is 30.5 Å². The summed E-state index contributed by atoms with van der Waals surface area (Å²) >= 11 is 13.5. The van der Waals surface area contributed by atoms with E-state index in [9.17, 15) is 9.59 Å². The van der Waals surface area contributed by atoms with Crippen molar-refractivity contribution in [3.63, 3.8) is 0 Å². The van der Waals surface area contributed by atoms with E-state index in [2.05, 4.69) is 25.9 Å². The molecule has 2 aromatic rings. The van der Waals surface area contributed by atoms with Gasteiger partial charge in [-0.1, -0.05) is 23.2 Å². The summed E-state index contributed by atoms with van der Waals surface area (Å²) in [6, 6.07) is 5.66. The van der Waals surface area contributed by atoms with Crippen LogP contribution >= 0.6 is 35.0 Å². The van der Waals surface area contributed by atoms with Gasteiger partial charge in [0, 0.05) is 30.5 Å². The molecule has 28 heavy (non-hydrogen) atoms. The maximum atomic E-state index is 12.5. The monoisotopic (exact) mass is 441 g/mol. The largest absolute Gasteiger partial charge is 0.353 e. The zero-order valence-corrected chi connectivity index (χ0v) is 17.6. The lowest BCUT2D eigenvalue weighted by Crippen LogP contribution is -2.48.